The normalized spacial score (nSPS) is 10.1. The number of hydrogen-bond donors (Lipinski definition) is 2. The number of ether oxygens (including phenoxy) is 1. The fraction of sp³-hybridized carbons (Fsp3) is 0.312. The van der Waals surface area contributed by atoms with Crippen LogP contribution in [0.25, 0.3) is 0 Å². The summed E-state index contributed by atoms with van der Waals surface area (Å²) in [6.45, 7) is 3.81. The van der Waals surface area contributed by atoms with Crippen molar-refractivity contribution in [2.24, 2.45) is 0 Å². The standard InChI is InChI=1S/C16H21N3O/c1-3-8-18-14-9-15(12-17-11-14)19-10-13-6-4-5-7-16(13)20-2/h4-7,9,11-12,18-19H,3,8,10H2,1-2H3. The van der Waals surface area contributed by atoms with Gasteiger partial charge in [-0.25, -0.2) is 0 Å². The number of rotatable bonds is 7. The molecule has 1 heterocycles. The third-order valence-corrected chi connectivity index (χ3v) is 2.99. The summed E-state index contributed by atoms with van der Waals surface area (Å²) < 4.78 is 5.34. The van der Waals surface area contributed by atoms with Crippen molar-refractivity contribution in [3.05, 3.63) is 48.3 Å². The molecule has 2 N–H and O–H groups in total. The molecular formula is C16H21N3O. The lowest BCUT2D eigenvalue weighted by Gasteiger charge is -2.11. The molecule has 0 atom stereocenters. The molecule has 0 spiro atoms. The van der Waals surface area contributed by atoms with E-state index in [1.165, 1.54) is 0 Å². The molecule has 2 aromatic rings. The monoisotopic (exact) mass is 271 g/mol. The largest absolute Gasteiger partial charge is 0.496 e. The van der Waals surface area contributed by atoms with Gasteiger partial charge in [-0.2, -0.15) is 0 Å². The Morgan fingerprint density at radius 2 is 1.85 bits per heavy atom. The van der Waals surface area contributed by atoms with Crippen molar-refractivity contribution in [1.29, 1.82) is 0 Å². The van der Waals surface area contributed by atoms with Crippen LogP contribution in [0.2, 0.25) is 0 Å². The van der Waals surface area contributed by atoms with Crippen molar-refractivity contribution in [3.63, 3.8) is 0 Å². The van der Waals surface area contributed by atoms with Crippen LogP contribution >= 0.6 is 0 Å². The number of pyridine rings is 1. The summed E-state index contributed by atoms with van der Waals surface area (Å²) in [7, 11) is 1.69. The Hall–Kier alpha value is -2.23. The minimum atomic E-state index is 0.711. The molecule has 1 aromatic carbocycles. The first-order valence-corrected chi connectivity index (χ1v) is 6.88. The van der Waals surface area contributed by atoms with Gasteiger partial charge < -0.3 is 15.4 Å². The molecule has 0 aliphatic carbocycles. The summed E-state index contributed by atoms with van der Waals surface area (Å²) in [5.74, 6) is 0.897. The van der Waals surface area contributed by atoms with Gasteiger partial charge in [0.05, 0.1) is 30.9 Å². The zero-order chi connectivity index (χ0) is 14.2. The van der Waals surface area contributed by atoms with Crippen molar-refractivity contribution in [2.75, 3.05) is 24.3 Å². The second-order valence-corrected chi connectivity index (χ2v) is 4.55. The first kappa shape index (κ1) is 14.2. The third kappa shape index (κ3) is 3.88. The molecule has 0 saturated carbocycles. The first-order chi connectivity index (χ1) is 9.83. The van der Waals surface area contributed by atoms with E-state index >= 15 is 0 Å². The van der Waals surface area contributed by atoms with Crippen LogP contribution < -0.4 is 15.4 Å². The third-order valence-electron chi connectivity index (χ3n) is 2.99. The molecule has 0 bridgehead atoms. The van der Waals surface area contributed by atoms with Crippen LogP contribution in [0.4, 0.5) is 11.4 Å². The molecule has 0 saturated heterocycles. The van der Waals surface area contributed by atoms with Crippen LogP contribution in [0.5, 0.6) is 5.75 Å². The molecule has 0 aliphatic heterocycles. The Kier molecular flexibility index (Phi) is 5.24. The van der Waals surface area contributed by atoms with E-state index in [4.69, 9.17) is 4.74 Å². The van der Waals surface area contributed by atoms with Gasteiger partial charge in [-0.05, 0) is 18.6 Å². The van der Waals surface area contributed by atoms with Gasteiger partial charge in [0.15, 0.2) is 0 Å². The maximum atomic E-state index is 5.34. The van der Waals surface area contributed by atoms with E-state index in [2.05, 4.69) is 34.7 Å². The minimum absolute atomic E-state index is 0.711. The Morgan fingerprint density at radius 3 is 2.60 bits per heavy atom. The van der Waals surface area contributed by atoms with Crippen molar-refractivity contribution in [2.45, 2.75) is 19.9 Å². The van der Waals surface area contributed by atoms with Gasteiger partial charge in [0.1, 0.15) is 5.75 Å². The molecule has 2 rings (SSSR count). The number of anilines is 2. The summed E-state index contributed by atoms with van der Waals surface area (Å²) in [6, 6.07) is 10.1. The van der Waals surface area contributed by atoms with Gasteiger partial charge >= 0.3 is 0 Å². The van der Waals surface area contributed by atoms with Crippen LogP contribution in [0.3, 0.4) is 0 Å². The van der Waals surface area contributed by atoms with Crippen LogP contribution in [0.15, 0.2) is 42.7 Å². The number of benzene rings is 1. The number of aromatic nitrogens is 1. The summed E-state index contributed by atoms with van der Waals surface area (Å²) >= 11 is 0. The van der Waals surface area contributed by atoms with E-state index in [0.717, 1.165) is 35.7 Å². The number of hydrogen-bond acceptors (Lipinski definition) is 4. The lowest BCUT2D eigenvalue weighted by molar-refractivity contribution is 0.410. The highest BCUT2D eigenvalue weighted by Gasteiger charge is 2.02. The predicted molar refractivity (Wildman–Crippen MR) is 83.3 cm³/mol. The van der Waals surface area contributed by atoms with Gasteiger partial charge in [-0.15, -0.1) is 0 Å². The molecule has 106 valence electrons. The topological polar surface area (TPSA) is 46.2 Å². The van der Waals surface area contributed by atoms with E-state index < -0.39 is 0 Å². The van der Waals surface area contributed by atoms with E-state index in [1.807, 2.05) is 30.6 Å². The molecule has 0 amide bonds. The zero-order valence-corrected chi connectivity index (χ0v) is 12.0. The molecule has 20 heavy (non-hydrogen) atoms. The van der Waals surface area contributed by atoms with E-state index in [-0.39, 0.29) is 0 Å². The smallest absolute Gasteiger partial charge is 0.123 e. The first-order valence-electron chi connectivity index (χ1n) is 6.88. The van der Waals surface area contributed by atoms with Crippen molar-refractivity contribution >= 4 is 11.4 Å². The Morgan fingerprint density at radius 1 is 1.10 bits per heavy atom. The van der Waals surface area contributed by atoms with Gasteiger partial charge in [-0.1, -0.05) is 25.1 Å². The summed E-state index contributed by atoms with van der Waals surface area (Å²) in [4.78, 5) is 4.24. The highest BCUT2D eigenvalue weighted by atomic mass is 16.5. The number of nitrogens with one attached hydrogen (secondary N) is 2. The van der Waals surface area contributed by atoms with Gasteiger partial charge in [0, 0.05) is 18.7 Å². The highest BCUT2D eigenvalue weighted by Crippen LogP contribution is 2.19. The summed E-state index contributed by atoms with van der Waals surface area (Å²) in [5, 5.41) is 6.70. The van der Waals surface area contributed by atoms with Crippen molar-refractivity contribution in [3.8, 4) is 5.75 Å². The zero-order valence-electron chi connectivity index (χ0n) is 12.0. The quantitative estimate of drug-likeness (QED) is 0.808. The second kappa shape index (κ2) is 7.38. The number of methoxy groups -OCH3 is 1. The van der Waals surface area contributed by atoms with E-state index in [9.17, 15) is 0 Å². The summed E-state index contributed by atoms with van der Waals surface area (Å²) in [5.41, 5.74) is 3.16. The van der Waals surface area contributed by atoms with E-state index in [0.29, 0.717) is 6.54 Å². The fourth-order valence-corrected chi connectivity index (χ4v) is 1.95. The SMILES string of the molecule is CCCNc1cncc(NCc2ccccc2OC)c1. The van der Waals surface area contributed by atoms with Crippen LogP contribution in [0, 0.1) is 0 Å². The predicted octanol–water partition coefficient (Wildman–Crippen LogP) is 3.52. The molecule has 0 aliphatic rings. The molecule has 4 heteroatoms. The van der Waals surface area contributed by atoms with Crippen LogP contribution in [-0.2, 0) is 6.54 Å². The van der Waals surface area contributed by atoms with Crippen molar-refractivity contribution < 1.29 is 4.74 Å². The second-order valence-electron chi connectivity index (χ2n) is 4.55. The number of para-hydroxylation sites is 1. The van der Waals surface area contributed by atoms with Gasteiger partial charge in [0.25, 0.3) is 0 Å². The van der Waals surface area contributed by atoms with Gasteiger partial charge in [0.2, 0.25) is 0 Å². The lowest BCUT2D eigenvalue weighted by Crippen LogP contribution is -2.04. The molecular weight excluding hydrogens is 250 g/mol. The van der Waals surface area contributed by atoms with E-state index in [1.54, 1.807) is 7.11 Å². The van der Waals surface area contributed by atoms with Gasteiger partial charge in [-0.3, -0.25) is 4.98 Å². The Labute approximate surface area is 120 Å². The van der Waals surface area contributed by atoms with Crippen LogP contribution in [0.1, 0.15) is 18.9 Å². The van der Waals surface area contributed by atoms with Crippen LogP contribution in [-0.4, -0.2) is 18.6 Å². The lowest BCUT2D eigenvalue weighted by atomic mass is 10.2. The van der Waals surface area contributed by atoms with Crippen molar-refractivity contribution in [1.82, 2.24) is 4.98 Å². The molecule has 4 nitrogen and oxygen atoms in total. The maximum absolute atomic E-state index is 5.34. The summed E-state index contributed by atoms with van der Waals surface area (Å²) in [6.07, 6.45) is 4.76. The minimum Gasteiger partial charge on any atom is -0.496 e. The Balaban J connectivity index is 1.99. The highest BCUT2D eigenvalue weighted by molar-refractivity contribution is 5.54. The maximum Gasteiger partial charge on any atom is 0.123 e. The molecule has 0 fully saturated rings. The average Bonchev–Trinajstić information content (AvgIpc) is 2.51. The molecule has 0 unspecified atom stereocenters. The molecule has 0 radical (unpaired) electrons. The fourth-order valence-electron chi connectivity index (χ4n) is 1.95. The Bertz CT molecular complexity index is 543. The number of nitrogens with zero attached hydrogens (tertiary/aromatic N) is 1. The average molecular weight is 271 g/mol. The molecule has 1 aromatic heterocycles.